The van der Waals surface area contributed by atoms with E-state index in [0.29, 0.717) is 11.4 Å². The summed E-state index contributed by atoms with van der Waals surface area (Å²) in [6.07, 6.45) is 1.56. The maximum absolute atomic E-state index is 6.00. The molecule has 0 amide bonds. The molecule has 0 spiro atoms. The molecule has 3 aromatic rings. The van der Waals surface area contributed by atoms with Crippen molar-refractivity contribution in [2.24, 2.45) is 11.5 Å². The van der Waals surface area contributed by atoms with Gasteiger partial charge in [0, 0.05) is 0 Å². The van der Waals surface area contributed by atoms with Gasteiger partial charge >= 0.3 is 0 Å². The highest BCUT2D eigenvalue weighted by atomic mass is 14.7. The Hall–Kier alpha value is -3.00. The predicted octanol–water partition coefficient (Wildman–Crippen LogP) is 4.28. The van der Waals surface area contributed by atoms with Gasteiger partial charge in [-0.15, -0.1) is 0 Å². The van der Waals surface area contributed by atoms with E-state index < -0.39 is 0 Å². The lowest BCUT2D eigenvalue weighted by Gasteiger charge is -2.07. The Morgan fingerprint density at radius 3 is 2.09 bits per heavy atom. The molecule has 0 heterocycles. The summed E-state index contributed by atoms with van der Waals surface area (Å²) >= 11 is 0. The lowest BCUT2D eigenvalue weighted by atomic mass is 9.99. The highest BCUT2D eigenvalue weighted by Crippen LogP contribution is 2.25. The Morgan fingerprint density at radius 2 is 1.41 bits per heavy atom. The third-order valence-corrected chi connectivity index (χ3v) is 3.81. The van der Waals surface area contributed by atoms with Crippen molar-refractivity contribution < 1.29 is 0 Å². The number of rotatable bonds is 3. The maximum Gasteiger partial charge on any atom is 0.0621 e. The minimum atomic E-state index is 0.499. The fourth-order valence-electron chi connectivity index (χ4n) is 2.49. The predicted molar refractivity (Wildman–Crippen MR) is 94.9 cm³/mol. The first kappa shape index (κ1) is 14.0. The Morgan fingerprint density at radius 1 is 0.773 bits per heavy atom. The van der Waals surface area contributed by atoms with E-state index >= 15 is 0 Å². The fourth-order valence-corrected chi connectivity index (χ4v) is 2.49. The molecule has 3 aromatic carbocycles. The fraction of sp³-hybridized carbons (Fsp3) is 0. The molecule has 0 aliphatic rings. The quantitative estimate of drug-likeness (QED) is 0.706. The molecular formula is C20H18N2. The van der Waals surface area contributed by atoms with Crippen LogP contribution in [0.2, 0.25) is 0 Å². The van der Waals surface area contributed by atoms with E-state index in [1.807, 2.05) is 12.1 Å². The van der Waals surface area contributed by atoms with Crippen LogP contribution in [0.1, 0.15) is 5.56 Å². The topological polar surface area (TPSA) is 52.0 Å². The van der Waals surface area contributed by atoms with Crippen LogP contribution in [0.3, 0.4) is 0 Å². The summed E-state index contributed by atoms with van der Waals surface area (Å²) in [5.41, 5.74) is 16.1. The summed E-state index contributed by atoms with van der Waals surface area (Å²) in [5.74, 6) is 0. The average Bonchev–Trinajstić information content (AvgIpc) is 2.60. The summed E-state index contributed by atoms with van der Waals surface area (Å²) in [6.45, 7) is 3.64. The minimum Gasteiger partial charge on any atom is -0.397 e. The molecule has 22 heavy (non-hydrogen) atoms. The van der Waals surface area contributed by atoms with Crippen molar-refractivity contribution >= 4 is 16.5 Å². The SMILES string of the molecule is C=C/C(N)=C(/N)c1ccc(-c2ccc3ccccc3c2)cc1. The Balaban J connectivity index is 1.99. The third-order valence-electron chi connectivity index (χ3n) is 3.81. The van der Waals surface area contributed by atoms with E-state index in [0.717, 1.165) is 11.1 Å². The monoisotopic (exact) mass is 286 g/mol. The molecule has 0 aliphatic carbocycles. The van der Waals surface area contributed by atoms with E-state index in [1.54, 1.807) is 6.08 Å². The van der Waals surface area contributed by atoms with E-state index in [9.17, 15) is 0 Å². The highest BCUT2D eigenvalue weighted by Gasteiger charge is 2.03. The van der Waals surface area contributed by atoms with Crippen LogP contribution in [0.15, 0.2) is 85.1 Å². The van der Waals surface area contributed by atoms with Gasteiger partial charge in [0.05, 0.1) is 11.4 Å². The summed E-state index contributed by atoms with van der Waals surface area (Å²) < 4.78 is 0. The van der Waals surface area contributed by atoms with Crippen molar-refractivity contribution in [3.05, 3.63) is 90.6 Å². The van der Waals surface area contributed by atoms with Crippen LogP contribution in [0, 0.1) is 0 Å². The van der Waals surface area contributed by atoms with Gasteiger partial charge in [0.25, 0.3) is 0 Å². The second-order valence-electron chi connectivity index (χ2n) is 5.21. The van der Waals surface area contributed by atoms with Crippen LogP contribution in [0.25, 0.3) is 27.6 Å². The summed E-state index contributed by atoms with van der Waals surface area (Å²) in [4.78, 5) is 0. The van der Waals surface area contributed by atoms with Gasteiger partial charge in [-0.1, -0.05) is 67.2 Å². The third kappa shape index (κ3) is 2.59. The van der Waals surface area contributed by atoms with Gasteiger partial charge in [-0.25, -0.2) is 0 Å². The Bertz CT molecular complexity index is 858. The van der Waals surface area contributed by atoms with Crippen LogP contribution < -0.4 is 11.5 Å². The number of benzene rings is 3. The largest absolute Gasteiger partial charge is 0.397 e. The second-order valence-corrected chi connectivity index (χ2v) is 5.21. The zero-order chi connectivity index (χ0) is 15.5. The normalized spacial score (nSPS) is 12.0. The zero-order valence-corrected chi connectivity index (χ0v) is 12.3. The van der Waals surface area contributed by atoms with Gasteiger partial charge in [0.15, 0.2) is 0 Å². The number of fused-ring (bicyclic) bond motifs is 1. The van der Waals surface area contributed by atoms with Gasteiger partial charge in [-0.2, -0.15) is 0 Å². The van der Waals surface area contributed by atoms with Gasteiger partial charge in [0.1, 0.15) is 0 Å². The molecule has 3 rings (SSSR count). The van der Waals surface area contributed by atoms with Gasteiger partial charge in [-0.3, -0.25) is 0 Å². The van der Waals surface area contributed by atoms with Crippen LogP contribution in [-0.4, -0.2) is 0 Å². The maximum atomic E-state index is 6.00. The zero-order valence-electron chi connectivity index (χ0n) is 12.3. The van der Waals surface area contributed by atoms with Crippen LogP contribution in [0.4, 0.5) is 0 Å². The van der Waals surface area contributed by atoms with Gasteiger partial charge < -0.3 is 11.5 Å². The highest BCUT2D eigenvalue weighted by molar-refractivity contribution is 5.87. The summed E-state index contributed by atoms with van der Waals surface area (Å²) in [6, 6.07) is 22.9. The molecule has 0 aromatic heterocycles. The van der Waals surface area contributed by atoms with Crippen molar-refractivity contribution in [2.45, 2.75) is 0 Å². The van der Waals surface area contributed by atoms with E-state index in [4.69, 9.17) is 11.5 Å². The van der Waals surface area contributed by atoms with Crippen molar-refractivity contribution in [1.29, 1.82) is 0 Å². The van der Waals surface area contributed by atoms with Crippen LogP contribution in [-0.2, 0) is 0 Å². The lowest BCUT2D eigenvalue weighted by Crippen LogP contribution is -2.06. The number of hydrogen-bond acceptors (Lipinski definition) is 2. The molecule has 0 fully saturated rings. The van der Waals surface area contributed by atoms with E-state index in [1.165, 1.54) is 16.3 Å². The van der Waals surface area contributed by atoms with Gasteiger partial charge in [0.2, 0.25) is 0 Å². The van der Waals surface area contributed by atoms with Crippen LogP contribution >= 0.6 is 0 Å². The van der Waals surface area contributed by atoms with Gasteiger partial charge in [-0.05, 0) is 39.6 Å². The molecule has 2 heteroatoms. The first-order chi connectivity index (χ1) is 10.7. The lowest BCUT2D eigenvalue weighted by molar-refractivity contribution is 1.37. The summed E-state index contributed by atoms with van der Waals surface area (Å²) in [5, 5.41) is 2.48. The molecule has 2 nitrogen and oxygen atoms in total. The van der Waals surface area contributed by atoms with Crippen molar-refractivity contribution in [3.63, 3.8) is 0 Å². The molecule has 108 valence electrons. The number of nitrogens with two attached hydrogens (primary N) is 2. The molecular weight excluding hydrogens is 268 g/mol. The van der Waals surface area contributed by atoms with Crippen molar-refractivity contribution in [3.8, 4) is 11.1 Å². The first-order valence-electron chi connectivity index (χ1n) is 7.16. The average molecular weight is 286 g/mol. The molecule has 0 bridgehead atoms. The van der Waals surface area contributed by atoms with E-state index in [-0.39, 0.29) is 0 Å². The van der Waals surface area contributed by atoms with E-state index in [2.05, 4.69) is 61.2 Å². The molecule has 0 saturated carbocycles. The molecule has 4 N–H and O–H groups in total. The molecule has 0 radical (unpaired) electrons. The standard InChI is InChI=1S/C20H18N2/c1-2-19(21)20(22)16-10-7-15(8-11-16)18-12-9-14-5-3-4-6-17(14)13-18/h2-13H,1,21-22H2/b20-19-. The van der Waals surface area contributed by atoms with Crippen molar-refractivity contribution in [1.82, 2.24) is 0 Å². The minimum absolute atomic E-state index is 0.499. The molecule has 0 saturated heterocycles. The Kier molecular flexibility index (Phi) is 3.67. The van der Waals surface area contributed by atoms with Crippen molar-refractivity contribution in [2.75, 3.05) is 0 Å². The molecule has 0 unspecified atom stereocenters. The molecule has 0 atom stereocenters. The number of hydrogen-bond donors (Lipinski definition) is 2. The molecule has 0 aliphatic heterocycles. The smallest absolute Gasteiger partial charge is 0.0621 e. The Labute approximate surface area is 130 Å². The number of allylic oxidation sites excluding steroid dienone is 1. The second kappa shape index (κ2) is 5.78. The van der Waals surface area contributed by atoms with Crippen LogP contribution in [0.5, 0.6) is 0 Å². The first-order valence-corrected chi connectivity index (χ1v) is 7.16. The summed E-state index contributed by atoms with van der Waals surface area (Å²) in [7, 11) is 0.